The predicted molar refractivity (Wildman–Crippen MR) is 148 cm³/mol. The second-order valence-electron chi connectivity index (χ2n) is 9.95. The maximum atomic E-state index is 13.9. The summed E-state index contributed by atoms with van der Waals surface area (Å²) in [5.41, 5.74) is 0.424. The van der Waals surface area contributed by atoms with Crippen LogP contribution >= 0.6 is 0 Å². The van der Waals surface area contributed by atoms with E-state index in [0.29, 0.717) is 35.1 Å². The number of aromatic nitrogens is 1. The second-order valence-corrected chi connectivity index (χ2v) is 9.95. The number of aryl methyl sites for hydroxylation is 1. The number of amides is 3. The third-order valence-electron chi connectivity index (χ3n) is 5.59. The van der Waals surface area contributed by atoms with Crippen LogP contribution in [-0.2, 0) is 14.4 Å². The van der Waals surface area contributed by atoms with Crippen molar-refractivity contribution >= 4 is 29.2 Å². The zero-order chi connectivity index (χ0) is 28.6. The Labute approximate surface area is 228 Å². The van der Waals surface area contributed by atoms with Gasteiger partial charge in [-0.15, -0.1) is 0 Å². The van der Waals surface area contributed by atoms with Crippen molar-refractivity contribution in [3.05, 3.63) is 65.9 Å². The van der Waals surface area contributed by atoms with Gasteiger partial charge in [0.05, 0.1) is 19.4 Å². The van der Waals surface area contributed by atoms with E-state index in [1.54, 1.807) is 68.6 Å². The van der Waals surface area contributed by atoms with Crippen LogP contribution in [0.25, 0.3) is 0 Å². The average molecular weight is 537 g/mol. The molecular weight excluding hydrogens is 500 g/mol. The molecule has 3 amide bonds. The van der Waals surface area contributed by atoms with E-state index in [1.807, 2.05) is 27.7 Å². The highest BCUT2D eigenvalue weighted by Gasteiger charge is 2.36. The number of nitrogens with zero attached hydrogens (tertiary/aromatic N) is 2. The van der Waals surface area contributed by atoms with Gasteiger partial charge in [0.2, 0.25) is 17.7 Å². The number of ether oxygens (including phenoxy) is 2. The van der Waals surface area contributed by atoms with Gasteiger partial charge in [-0.2, -0.15) is 0 Å². The first-order valence-corrected chi connectivity index (χ1v) is 12.8. The first-order valence-electron chi connectivity index (χ1n) is 12.8. The smallest absolute Gasteiger partial charge is 0.248 e. The SMILES string of the molecule is CCOc1ccccc1N(C(=O)CCC(=O)Nc1cc(C)on1)C(C(=O)NC(C)(C)C)c1ccc(OC)cc1. The molecule has 0 fully saturated rings. The average Bonchev–Trinajstić information content (AvgIpc) is 3.29. The van der Waals surface area contributed by atoms with Crippen LogP contribution in [-0.4, -0.2) is 42.1 Å². The number of hydrogen-bond acceptors (Lipinski definition) is 7. The summed E-state index contributed by atoms with van der Waals surface area (Å²) in [4.78, 5) is 41.7. The summed E-state index contributed by atoms with van der Waals surface area (Å²) in [6.45, 7) is 9.51. The van der Waals surface area contributed by atoms with Gasteiger partial charge in [-0.1, -0.05) is 29.4 Å². The molecule has 10 nitrogen and oxygen atoms in total. The molecule has 0 spiro atoms. The minimum absolute atomic E-state index is 0.131. The van der Waals surface area contributed by atoms with Gasteiger partial charge in [0.15, 0.2) is 5.82 Å². The highest BCUT2D eigenvalue weighted by molar-refractivity contribution is 6.04. The van der Waals surface area contributed by atoms with Crippen molar-refractivity contribution in [1.82, 2.24) is 10.5 Å². The van der Waals surface area contributed by atoms with Gasteiger partial charge in [0, 0.05) is 24.4 Å². The number of rotatable bonds is 11. The molecule has 2 aromatic carbocycles. The standard InChI is InChI=1S/C29H36N4O6/c1-7-38-23-11-9-8-10-22(23)33(26(35)17-16-25(34)30-24-18-19(2)39-32-24)27(28(36)31-29(3,4)5)20-12-14-21(37-6)15-13-20/h8-15,18,27H,7,16-17H2,1-6H3,(H,31,36)(H,30,32,34). The number of methoxy groups -OCH3 is 1. The molecule has 208 valence electrons. The summed E-state index contributed by atoms with van der Waals surface area (Å²) in [5.74, 6) is 0.652. The van der Waals surface area contributed by atoms with Crippen LogP contribution in [0.15, 0.2) is 59.1 Å². The molecule has 1 atom stereocenters. The van der Waals surface area contributed by atoms with Gasteiger partial charge in [-0.05, 0) is 64.4 Å². The van der Waals surface area contributed by atoms with Gasteiger partial charge in [0.1, 0.15) is 23.3 Å². The zero-order valence-electron chi connectivity index (χ0n) is 23.2. The first-order chi connectivity index (χ1) is 18.5. The number of anilines is 2. The van der Waals surface area contributed by atoms with Crippen molar-refractivity contribution in [2.45, 2.75) is 59.0 Å². The fourth-order valence-electron chi connectivity index (χ4n) is 3.96. The maximum Gasteiger partial charge on any atom is 0.248 e. The Bertz CT molecular complexity index is 1280. The van der Waals surface area contributed by atoms with Crippen molar-refractivity contribution < 1.29 is 28.4 Å². The third-order valence-corrected chi connectivity index (χ3v) is 5.59. The van der Waals surface area contributed by atoms with Crippen LogP contribution < -0.4 is 25.0 Å². The largest absolute Gasteiger partial charge is 0.497 e. The van der Waals surface area contributed by atoms with Crippen LogP contribution in [0, 0.1) is 6.92 Å². The van der Waals surface area contributed by atoms with Crippen LogP contribution in [0.3, 0.4) is 0 Å². The van der Waals surface area contributed by atoms with Crippen molar-refractivity contribution in [2.75, 3.05) is 23.9 Å². The number of para-hydroxylation sites is 2. The fraction of sp³-hybridized carbons (Fsp3) is 0.379. The Morgan fingerprint density at radius 3 is 2.33 bits per heavy atom. The van der Waals surface area contributed by atoms with E-state index in [2.05, 4.69) is 15.8 Å². The topological polar surface area (TPSA) is 123 Å². The molecule has 0 aliphatic carbocycles. The zero-order valence-corrected chi connectivity index (χ0v) is 23.2. The van der Waals surface area contributed by atoms with Crippen molar-refractivity contribution in [2.24, 2.45) is 0 Å². The Balaban J connectivity index is 2.02. The lowest BCUT2D eigenvalue weighted by atomic mass is 10.00. The molecule has 1 aromatic heterocycles. The summed E-state index contributed by atoms with van der Waals surface area (Å²) in [7, 11) is 1.55. The molecule has 0 saturated carbocycles. The van der Waals surface area contributed by atoms with E-state index in [0.717, 1.165) is 0 Å². The molecule has 2 N–H and O–H groups in total. The summed E-state index contributed by atoms with van der Waals surface area (Å²) in [6, 6.07) is 14.5. The second kappa shape index (κ2) is 12.9. The lowest BCUT2D eigenvalue weighted by molar-refractivity contribution is -0.128. The minimum Gasteiger partial charge on any atom is -0.497 e. The van der Waals surface area contributed by atoms with E-state index in [4.69, 9.17) is 14.0 Å². The molecule has 0 radical (unpaired) electrons. The lowest BCUT2D eigenvalue weighted by Gasteiger charge is -2.34. The van der Waals surface area contributed by atoms with Gasteiger partial charge >= 0.3 is 0 Å². The first kappa shape index (κ1) is 29.2. The normalized spacial score (nSPS) is 11.8. The highest BCUT2D eigenvalue weighted by Crippen LogP contribution is 2.36. The van der Waals surface area contributed by atoms with E-state index < -0.39 is 23.4 Å². The number of carbonyl (C=O) groups excluding carboxylic acids is 3. The fourth-order valence-corrected chi connectivity index (χ4v) is 3.96. The van der Waals surface area contributed by atoms with Crippen molar-refractivity contribution in [1.29, 1.82) is 0 Å². The van der Waals surface area contributed by atoms with E-state index in [-0.39, 0.29) is 24.6 Å². The Morgan fingerprint density at radius 2 is 1.74 bits per heavy atom. The molecule has 1 unspecified atom stereocenters. The van der Waals surface area contributed by atoms with Crippen LogP contribution in [0.1, 0.15) is 57.9 Å². The van der Waals surface area contributed by atoms with E-state index >= 15 is 0 Å². The van der Waals surface area contributed by atoms with E-state index in [1.165, 1.54) is 4.90 Å². The van der Waals surface area contributed by atoms with Gasteiger partial charge in [-0.25, -0.2) is 0 Å². The highest BCUT2D eigenvalue weighted by atomic mass is 16.5. The summed E-state index contributed by atoms with van der Waals surface area (Å²) < 4.78 is 16.1. The number of hydrogen-bond donors (Lipinski definition) is 2. The van der Waals surface area contributed by atoms with Crippen LogP contribution in [0.2, 0.25) is 0 Å². The minimum atomic E-state index is -1.05. The monoisotopic (exact) mass is 536 g/mol. The Morgan fingerprint density at radius 1 is 1.05 bits per heavy atom. The Hall–Kier alpha value is -4.34. The summed E-state index contributed by atoms with van der Waals surface area (Å²) >= 11 is 0. The molecular formula is C29H36N4O6. The molecule has 1 heterocycles. The van der Waals surface area contributed by atoms with Crippen LogP contribution in [0.5, 0.6) is 11.5 Å². The quantitative estimate of drug-likeness (QED) is 0.361. The molecule has 0 saturated heterocycles. The van der Waals surface area contributed by atoms with Gasteiger partial charge < -0.3 is 24.6 Å². The molecule has 0 aliphatic rings. The third kappa shape index (κ3) is 8.07. The summed E-state index contributed by atoms with van der Waals surface area (Å²) in [5, 5.41) is 9.38. The maximum absolute atomic E-state index is 13.9. The van der Waals surface area contributed by atoms with Crippen molar-refractivity contribution in [3.8, 4) is 11.5 Å². The molecule has 10 heteroatoms. The number of benzene rings is 2. The lowest BCUT2D eigenvalue weighted by Crippen LogP contribution is -2.49. The van der Waals surface area contributed by atoms with Gasteiger partial charge in [0.25, 0.3) is 0 Å². The number of carbonyl (C=O) groups is 3. The van der Waals surface area contributed by atoms with E-state index in [9.17, 15) is 14.4 Å². The molecule has 39 heavy (non-hydrogen) atoms. The number of nitrogens with one attached hydrogen (secondary N) is 2. The summed E-state index contributed by atoms with van der Waals surface area (Å²) in [6.07, 6.45) is -0.299. The molecule has 3 rings (SSSR count). The molecule has 3 aromatic rings. The molecule has 0 bridgehead atoms. The van der Waals surface area contributed by atoms with Crippen LogP contribution in [0.4, 0.5) is 11.5 Å². The van der Waals surface area contributed by atoms with Gasteiger partial charge in [-0.3, -0.25) is 19.3 Å². The predicted octanol–water partition coefficient (Wildman–Crippen LogP) is 4.80. The van der Waals surface area contributed by atoms with Crippen molar-refractivity contribution in [3.63, 3.8) is 0 Å². The Kier molecular flexibility index (Phi) is 9.70. The molecule has 0 aliphatic heterocycles.